The molecule has 9 heteroatoms. The number of nitrogens with zero attached hydrogens (tertiary/aromatic N) is 5. The zero-order valence-electron chi connectivity index (χ0n) is 19.4. The zero-order valence-corrected chi connectivity index (χ0v) is 20.1. The van der Waals surface area contributed by atoms with Crippen LogP contribution in [0.5, 0.6) is 11.5 Å². The number of para-hydroxylation sites is 1. The molecule has 2 aromatic carbocycles. The van der Waals surface area contributed by atoms with E-state index in [2.05, 4.69) is 27.0 Å². The number of aryl methyl sites for hydroxylation is 1. The van der Waals surface area contributed by atoms with Gasteiger partial charge in [0.05, 0.1) is 43.8 Å². The van der Waals surface area contributed by atoms with E-state index in [1.54, 1.807) is 25.1 Å². The first kappa shape index (κ1) is 23.0. The topological polar surface area (TPSA) is 87.1 Å². The van der Waals surface area contributed by atoms with E-state index in [4.69, 9.17) is 31.1 Å². The van der Waals surface area contributed by atoms with Gasteiger partial charge in [-0.2, -0.15) is 5.26 Å². The molecule has 0 bridgehead atoms. The van der Waals surface area contributed by atoms with E-state index in [1.807, 2.05) is 48.7 Å². The Hall–Kier alpha value is -3.80. The monoisotopic (exact) mass is 489 g/mol. The number of aromatic nitrogens is 4. The fourth-order valence-electron chi connectivity index (χ4n) is 4.57. The van der Waals surface area contributed by atoms with Gasteiger partial charge in [0.25, 0.3) is 0 Å². The fraction of sp³-hybridized carbons (Fsp3) is 0.269. The summed E-state index contributed by atoms with van der Waals surface area (Å²) in [6.07, 6.45) is 3.99. The Morgan fingerprint density at radius 3 is 2.80 bits per heavy atom. The number of fused-ring (bicyclic) bond motifs is 3. The number of ether oxygens (including phenoxy) is 3. The number of nitriles is 1. The van der Waals surface area contributed by atoms with Crippen LogP contribution in [-0.4, -0.2) is 33.8 Å². The largest absolute Gasteiger partial charge is 0.493 e. The van der Waals surface area contributed by atoms with Crippen molar-refractivity contribution < 1.29 is 14.2 Å². The highest BCUT2D eigenvalue weighted by atomic mass is 35.5. The van der Waals surface area contributed by atoms with Crippen LogP contribution in [0.2, 0.25) is 5.02 Å². The van der Waals surface area contributed by atoms with Crippen molar-refractivity contribution in [1.82, 2.24) is 19.6 Å². The van der Waals surface area contributed by atoms with E-state index in [0.717, 1.165) is 22.5 Å². The van der Waals surface area contributed by atoms with Gasteiger partial charge in [0, 0.05) is 35.1 Å². The molecule has 0 fully saturated rings. The predicted octanol–water partition coefficient (Wildman–Crippen LogP) is 5.06. The van der Waals surface area contributed by atoms with Crippen LogP contribution in [0.3, 0.4) is 0 Å². The van der Waals surface area contributed by atoms with Crippen LogP contribution >= 0.6 is 11.6 Å². The number of halogens is 1. The molecule has 2 aromatic heterocycles. The third kappa shape index (κ3) is 4.36. The molecule has 0 amide bonds. The number of hydrogen-bond acceptors (Lipinski definition) is 6. The first-order valence-corrected chi connectivity index (χ1v) is 11.6. The minimum atomic E-state index is -0.455. The Morgan fingerprint density at radius 2 is 2.00 bits per heavy atom. The molecule has 3 heterocycles. The molecule has 5 rings (SSSR count). The van der Waals surface area contributed by atoms with Crippen molar-refractivity contribution >= 4 is 11.6 Å². The molecule has 4 aromatic rings. The van der Waals surface area contributed by atoms with Crippen molar-refractivity contribution in [1.29, 1.82) is 5.26 Å². The number of benzene rings is 2. The minimum Gasteiger partial charge on any atom is -0.493 e. The summed E-state index contributed by atoms with van der Waals surface area (Å²) in [5.41, 5.74) is 4.45. The van der Waals surface area contributed by atoms with Crippen LogP contribution in [0, 0.1) is 11.3 Å². The third-order valence-electron chi connectivity index (χ3n) is 6.12. The second kappa shape index (κ2) is 9.82. The molecule has 8 nitrogen and oxygen atoms in total. The van der Waals surface area contributed by atoms with E-state index in [1.165, 1.54) is 0 Å². The maximum atomic E-state index is 8.92. The average molecular weight is 490 g/mol. The van der Waals surface area contributed by atoms with E-state index < -0.39 is 6.10 Å². The molecule has 0 aliphatic carbocycles. The van der Waals surface area contributed by atoms with E-state index in [9.17, 15) is 0 Å². The summed E-state index contributed by atoms with van der Waals surface area (Å²) in [6.45, 7) is 0.577. The van der Waals surface area contributed by atoms with Crippen LogP contribution in [0.4, 0.5) is 0 Å². The van der Waals surface area contributed by atoms with Gasteiger partial charge < -0.3 is 18.8 Å². The van der Waals surface area contributed by atoms with Gasteiger partial charge in [0.1, 0.15) is 12.2 Å². The van der Waals surface area contributed by atoms with Crippen molar-refractivity contribution in [3.8, 4) is 23.3 Å². The normalized spacial score (nSPS) is 16.6. The lowest BCUT2D eigenvalue weighted by molar-refractivity contribution is -0.00174. The highest BCUT2D eigenvalue weighted by Crippen LogP contribution is 2.46. The Balaban J connectivity index is 1.58. The van der Waals surface area contributed by atoms with Gasteiger partial charge in [0.2, 0.25) is 0 Å². The molecular formula is C26H24ClN5O3. The third-order valence-corrected chi connectivity index (χ3v) is 6.36. The van der Waals surface area contributed by atoms with Crippen molar-refractivity contribution in [2.24, 2.45) is 0 Å². The van der Waals surface area contributed by atoms with Gasteiger partial charge >= 0.3 is 0 Å². The quantitative estimate of drug-likeness (QED) is 0.361. The summed E-state index contributed by atoms with van der Waals surface area (Å²) in [5, 5.41) is 17.8. The van der Waals surface area contributed by atoms with Crippen molar-refractivity contribution in [2.45, 2.75) is 31.6 Å². The van der Waals surface area contributed by atoms with E-state index in [0.29, 0.717) is 35.2 Å². The SMILES string of the molecule is COc1cccc([C@H]2O[C@H](CCn3cc(CC#N)nn3)c3cccn3-c3ccc(Cl)cc32)c1OC. The van der Waals surface area contributed by atoms with Gasteiger partial charge in [-0.15, -0.1) is 5.10 Å². The summed E-state index contributed by atoms with van der Waals surface area (Å²) in [4.78, 5) is 0. The first-order chi connectivity index (χ1) is 17.1. The molecule has 35 heavy (non-hydrogen) atoms. The standard InChI is InChI=1S/C26H24ClN5O3/c1-33-24-7-3-5-19(26(24)34-2)25-20-15-17(27)8-9-21(20)32-13-4-6-22(32)23(35-25)11-14-31-16-18(10-12-28)29-30-31/h3-9,13,15-16,23,25H,10-11,14H2,1-2H3/t23-,25-/m1/s1. The number of rotatable bonds is 7. The molecule has 2 atom stereocenters. The Kier molecular flexibility index (Phi) is 6.45. The maximum Gasteiger partial charge on any atom is 0.166 e. The Labute approximate surface area is 208 Å². The molecular weight excluding hydrogens is 466 g/mol. The lowest BCUT2D eigenvalue weighted by atomic mass is 9.98. The highest BCUT2D eigenvalue weighted by Gasteiger charge is 2.32. The van der Waals surface area contributed by atoms with E-state index >= 15 is 0 Å². The van der Waals surface area contributed by atoms with Gasteiger partial charge in [-0.3, -0.25) is 4.68 Å². The summed E-state index contributed by atoms with van der Waals surface area (Å²) >= 11 is 6.46. The minimum absolute atomic E-state index is 0.233. The molecule has 1 aliphatic heterocycles. The lowest BCUT2D eigenvalue weighted by Crippen LogP contribution is -2.14. The van der Waals surface area contributed by atoms with Crippen LogP contribution < -0.4 is 9.47 Å². The second-order valence-corrected chi connectivity index (χ2v) is 8.63. The van der Waals surface area contributed by atoms with Crippen molar-refractivity contribution in [2.75, 3.05) is 14.2 Å². The Bertz CT molecular complexity index is 1390. The van der Waals surface area contributed by atoms with Gasteiger partial charge in [0.15, 0.2) is 11.5 Å². The molecule has 0 saturated heterocycles. The van der Waals surface area contributed by atoms with Gasteiger partial charge in [-0.05, 0) is 42.8 Å². The Morgan fingerprint density at radius 1 is 1.11 bits per heavy atom. The first-order valence-electron chi connectivity index (χ1n) is 11.2. The van der Waals surface area contributed by atoms with Crippen LogP contribution in [-0.2, 0) is 17.7 Å². The molecule has 0 saturated carbocycles. The fourth-order valence-corrected chi connectivity index (χ4v) is 4.75. The number of methoxy groups -OCH3 is 2. The van der Waals surface area contributed by atoms with Crippen LogP contribution in [0.1, 0.15) is 41.1 Å². The van der Waals surface area contributed by atoms with Gasteiger partial charge in [-0.1, -0.05) is 28.9 Å². The zero-order chi connectivity index (χ0) is 24.4. The molecule has 178 valence electrons. The molecule has 0 unspecified atom stereocenters. The molecule has 0 spiro atoms. The average Bonchev–Trinajstić information content (AvgIpc) is 3.51. The lowest BCUT2D eigenvalue weighted by Gasteiger charge is -2.25. The van der Waals surface area contributed by atoms with Crippen LogP contribution in [0.25, 0.3) is 5.69 Å². The van der Waals surface area contributed by atoms with Crippen molar-refractivity contribution in [3.63, 3.8) is 0 Å². The predicted molar refractivity (Wildman–Crippen MR) is 130 cm³/mol. The summed E-state index contributed by atoms with van der Waals surface area (Å²) in [7, 11) is 3.25. The highest BCUT2D eigenvalue weighted by molar-refractivity contribution is 6.30. The van der Waals surface area contributed by atoms with Crippen molar-refractivity contribution in [3.05, 3.63) is 88.5 Å². The smallest absolute Gasteiger partial charge is 0.166 e. The molecule has 0 radical (unpaired) electrons. The second-order valence-electron chi connectivity index (χ2n) is 8.19. The number of hydrogen-bond donors (Lipinski definition) is 0. The molecule has 0 N–H and O–H groups in total. The molecule has 1 aliphatic rings. The summed E-state index contributed by atoms with van der Waals surface area (Å²) in [5.74, 6) is 1.25. The van der Waals surface area contributed by atoms with Gasteiger partial charge in [-0.25, -0.2) is 0 Å². The maximum absolute atomic E-state index is 8.92. The summed E-state index contributed by atoms with van der Waals surface area (Å²) < 4.78 is 22.1. The van der Waals surface area contributed by atoms with Crippen LogP contribution in [0.15, 0.2) is 60.9 Å². The van der Waals surface area contributed by atoms with E-state index in [-0.39, 0.29) is 12.5 Å². The summed E-state index contributed by atoms with van der Waals surface area (Å²) in [6, 6.07) is 17.8.